The Morgan fingerprint density at radius 2 is 1.97 bits per heavy atom. The minimum absolute atomic E-state index is 0.0614. The van der Waals surface area contributed by atoms with Crippen molar-refractivity contribution >= 4 is 58.7 Å². The van der Waals surface area contributed by atoms with E-state index in [-0.39, 0.29) is 55.9 Å². The minimum Gasteiger partial charge on any atom is -0.445 e. The lowest BCUT2D eigenvalue weighted by atomic mass is 9.86. The first-order valence-corrected chi connectivity index (χ1v) is 10.8. The molecule has 0 aromatic carbocycles. The van der Waals surface area contributed by atoms with Gasteiger partial charge in [-0.3, -0.25) is 19.8 Å². The lowest BCUT2D eigenvalue weighted by molar-refractivity contribution is -0.222. The Labute approximate surface area is 197 Å². The van der Waals surface area contributed by atoms with Gasteiger partial charge < -0.3 is 30.5 Å². The lowest BCUT2D eigenvalue weighted by Gasteiger charge is -2.49. The molecule has 15 heteroatoms. The number of hydrogen-bond acceptors (Lipinski definition) is 10. The molecule has 176 valence electrons. The molecule has 3 fully saturated rings. The number of carbonyl (C=O) groups excluding carboxylic acids is 3. The van der Waals surface area contributed by atoms with Crippen LogP contribution in [0.15, 0.2) is 17.4 Å². The highest BCUT2D eigenvalue weighted by molar-refractivity contribution is 6.67. The lowest BCUT2D eigenvalue weighted by Crippen LogP contribution is -2.77. The largest absolute Gasteiger partial charge is 0.445 e. The summed E-state index contributed by atoms with van der Waals surface area (Å²) in [5, 5.41) is 30.2. The number of nitrogens with one attached hydrogen (secondary N) is 3. The molecule has 0 saturated carbocycles. The van der Waals surface area contributed by atoms with Gasteiger partial charge in [0.2, 0.25) is 27.4 Å². The van der Waals surface area contributed by atoms with Crippen LogP contribution in [0.2, 0.25) is 0 Å². The SMILES string of the molecule is C=C1N[C@H]2[C@H](CN3C(=O)CCC3=O)N=C(NC(=O)OCC(Cl)(Cl)Cl)N3CCC(O)(O)[C@]23N1. The Kier molecular flexibility index (Phi) is 5.65. The van der Waals surface area contributed by atoms with Crippen molar-refractivity contribution < 1.29 is 29.3 Å². The predicted octanol–water partition coefficient (Wildman–Crippen LogP) is -0.914. The average Bonchev–Trinajstić information content (AvgIpc) is 3.28. The van der Waals surface area contributed by atoms with Crippen LogP contribution in [-0.4, -0.2) is 90.9 Å². The van der Waals surface area contributed by atoms with Gasteiger partial charge in [-0.2, -0.15) is 0 Å². The van der Waals surface area contributed by atoms with Crippen LogP contribution in [0.4, 0.5) is 4.79 Å². The van der Waals surface area contributed by atoms with Crippen LogP contribution >= 0.6 is 34.8 Å². The molecule has 3 atom stereocenters. The first kappa shape index (κ1) is 23.2. The predicted molar refractivity (Wildman–Crippen MR) is 112 cm³/mol. The van der Waals surface area contributed by atoms with Gasteiger partial charge in [0.25, 0.3) is 0 Å². The van der Waals surface area contributed by atoms with Gasteiger partial charge in [0, 0.05) is 25.8 Å². The van der Waals surface area contributed by atoms with Gasteiger partial charge >= 0.3 is 6.09 Å². The summed E-state index contributed by atoms with van der Waals surface area (Å²) in [6.45, 7) is 3.24. The summed E-state index contributed by atoms with van der Waals surface area (Å²) in [5.74, 6) is -2.75. The first-order chi connectivity index (χ1) is 14.8. The van der Waals surface area contributed by atoms with Crippen LogP contribution in [0.25, 0.3) is 0 Å². The van der Waals surface area contributed by atoms with Gasteiger partial charge in [-0.05, 0) is 0 Å². The zero-order valence-corrected chi connectivity index (χ0v) is 18.9. The Morgan fingerprint density at radius 3 is 2.59 bits per heavy atom. The molecule has 0 aliphatic carbocycles. The van der Waals surface area contributed by atoms with Crippen molar-refractivity contribution in [3.05, 3.63) is 12.4 Å². The first-order valence-electron chi connectivity index (χ1n) is 9.71. The standard InChI is InChI=1S/C17H21Cl3N6O6/c1-8-21-12-9(6-25-10(27)2-3-11(25)28)22-13(23-14(29)32-7-16(18,19)20)26-5-4-15(30,31)17(12,26)24-8/h9,12,21,24,30-31H,1-7H2,(H,22,23,29)/t9-,12-,17-/m0/s1. The fraction of sp³-hybridized carbons (Fsp3) is 0.647. The van der Waals surface area contributed by atoms with E-state index >= 15 is 0 Å². The van der Waals surface area contributed by atoms with Crippen LogP contribution in [0.3, 0.4) is 0 Å². The van der Waals surface area contributed by atoms with Gasteiger partial charge in [-0.15, -0.1) is 0 Å². The third-order valence-corrected chi connectivity index (χ3v) is 6.20. The van der Waals surface area contributed by atoms with Crippen LogP contribution < -0.4 is 16.0 Å². The monoisotopic (exact) mass is 510 g/mol. The molecule has 4 aliphatic rings. The highest BCUT2D eigenvalue weighted by Crippen LogP contribution is 2.44. The molecule has 0 aromatic heterocycles. The number of aliphatic hydroxyl groups is 2. The van der Waals surface area contributed by atoms with E-state index < -0.39 is 40.0 Å². The number of nitrogens with zero attached hydrogens (tertiary/aromatic N) is 3. The molecule has 1 spiro atoms. The number of rotatable bonds is 3. The maximum atomic E-state index is 12.3. The fourth-order valence-electron chi connectivity index (χ4n) is 4.55. The molecule has 5 N–H and O–H groups in total. The van der Waals surface area contributed by atoms with Crippen molar-refractivity contribution in [2.45, 2.75) is 46.6 Å². The quantitative estimate of drug-likeness (QED) is 0.184. The molecule has 0 radical (unpaired) electrons. The molecule has 32 heavy (non-hydrogen) atoms. The number of alkyl carbamates (subject to hydrolysis) is 1. The highest BCUT2D eigenvalue weighted by Gasteiger charge is 2.70. The second kappa shape index (κ2) is 7.80. The Bertz CT molecular complexity index is 892. The number of ether oxygens (including phenoxy) is 1. The zero-order valence-electron chi connectivity index (χ0n) is 16.6. The molecule has 3 amide bonds. The van der Waals surface area contributed by atoms with Crippen LogP contribution in [0.5, 0.6) is 0 Å². The van der Waals surface area contributed by atoms with Crippen molar-refractivity contribution in [3.8, 4) is 0 Å². The number of alkyl halides is 3. The molecule has 4 aliphatic heterocycles. The normalized spacial score (nSPS) is 31.0. The van der Waals surface area contributed by atoms with Crippen molar-refractivity contribution in [2.24, 2.45) is 4.99 Å². The van der Waals surface area contributed by atoms with E-state index in [1.807, 2.05) is 0 Å². The number of imide groups is 1. The van der Waals surface area contributed by atoms with Gasteiger partial charge in [0.15, 0.2) is 5.66 Å². The Morgan fingerprint density at radius 1 is 1.31 bits per heavy atom. The number of hydrogen-bond donors (Lipinski definition) is 5. The van der Waals surface area contributed by atoms with E-state index in [4.69, 9.17) is 39.5 Å². The molecule has 0 aromatic rings. The van der Waals surface area contributed by atoms with E-state index in [1.54, 1.807) is 0 Å². The highest BCUT2D eigenvalue weighted by atomic mass is 35.6. The Hall–Kier alpha value is -1.99. The third-order valence-electron chi connectivity index (χ3n) is 5.88. The topological polar surface area (TPSA) is 156 Å². The third kappa shape index (κ3) is 3.83. The summed E-state index contributed by atoms with van der Waals surface area (Å²) < 4.78 is 3.06. The van der Waals surface area contributed by atoms with Crippen molar-refractivity contribution in [2.75, 3.05) is 19.7 Å². The van der Waals surface area contributed by atoms with E-state index in [2.05, 4.69) is 27.5 Å². The summed E-state index contributed by atoms with van der Waals surface area (Å²) in [5.41, 5.74) is -1.58. The van der Waals surface area contributed by atoms with E-state index in [0.29, 0.717) is 0 Å². The Balaban J connectivity index is 1.67. The number of guanidine groups is 1. The fourth-order valence-corrected chi connectivity index (χ4v) is 4.72. The van der Waals surface area contributed by atoms with Gasteiger partial charge in [-0.1, -0.05) is 41.4 Å². The average molecular weight is 512 g/mol. The summed E-state index contributed by atoms with van der Waals surface area (Å²) in [6.07, 6.45) is -0.903. The number of likely N-dealkylation sites (tertiary alicyclic amines) is 1. The molecule has 0 bridgehead atoms. The van der Waals surface area contributed by atoms with Crippen molar-refractivity contribution in [1.29, 1.82) is 0 Å². The number of carbonyl (C=O) groups is 3. The summed E-state index contributed by atoms with van der Waals surface area (Å²) in [7, 11) is 0. The van der Waals surface area contributed by atoms with E-state index in [9.17, 15) is 24.6 Å². The summed E-state index contributed by atoms with van der Waals surface area (Å²) >= 11 is 16.8. The smallest absolute Gasteiger partial charge is 0.414 e. The van der Waals surface area contributed by atoms with Crippen LogP contribution in [0.1, 0.15) is 19.3 Å². The molecule has 0 unspecified atom stereocenters. The van der Waals surface area contributed by atoms with E-state index in [0.717, 1.165) is 4.90 Å². The second-order valence-electron chi connectivity index (χ2n) is 7.94. The molecular formula is C17H21Cl3N6O6. The maximum absolute atomic E-state index is 12.3. The maximum Gasteiger partial charge on any atom is 0.414 e. The minimum atomic E-state index is -2.27. The number of aliphatic imine (C=N–C) groups is 1. The van der Waals surface area contributed by atoms with Crippen LogP contribution in [0, 0.1) is 0 Å². The van der Waals surface area contributed by atoms with Gasteiger partial charge in [0.1, 0.15) is 6.61 Å². The summed E-state index contributed by atoms with van der Waals surface area (Å²) in [4.78, 5) is 43.7. The van der Waals surface area contributed by atoms with E-state index in [1.165, 1.54) is 4.90 Å². The van der Waals surface area contributed by atoms with Gasteiger partial charge in [-0.25, -0.2) is 9.79 Å². The van der Waals surface area contributed by atoms with Crippen LogP contribution in [-0.2, 0) is 14.3 Å². The van der Waals surface area contributed by atoms with Gasteiger partial charge in [0.05, 0.1) is 24.4 Å². The summed E-state index contributed by atoms with van der Waals surface area (Å²) in [6, 6.07) is -1.65. The molecule has 4 rings (SSSR count). The van der Waals surface area contributed by atoms with Crippen molar-refractivity contribution in [3.63, 3.8) is 0 Å². The molecular weight excluding hydrogens is 491 g/mol. The molecule has 12 nitrogen and oxygen atoms in total. The zero-order chi connectivity index (χ0) is 23.5. The molecule has 4 heterocycles. The number of halogens is 3. The van der Waals surface area contributed by atoms with Crippen molar-refractivity contribution in [1.82, 2.24) is 25.8 Å². The second-order valence-corrected chi connectivity index (χ2v) is 10.5. The molecule has 3 saturated heterocycles. The number of amides is 3.